The molecule has 2 aliphatic rings. The number of hydrogen-bond donors (Lipinski definition) is 1. The van der Waals surface area contributed by atoms with Crippen molar-refractivity contribution >= 4 is 23.0 Å². The Morgan fingerprint density at radius 2 is 1.69 bits per heavy atom. The van der Waals surface area contributed by atoms with Gasteiger partial charge in [0.05, 0.1) is 11.4 Å². The van der Waals surface area contributed by atoms with Crippen LogP contribution in [0.3, 0.4) is 0 Å². The number of benzene rings is 2. The summed E-state index contributed by atoms with van der Waals surface area (Å²) in [6.45, 7) is 6.50. The first-order valence-electron chi connectivity index (χ1n) is 10.0. The van der Waals surface area contributed by atoms with Gasteiger partial charge in [-0.15, -0.1) is 10.2 Å². The van der Waals surface area contributed by atoms with E-state index in [9.17, 15) is 4.79 Å². The van der Waals surface area contributed by atoms with E-state index in [1.54, 1.807) is 0 Å². The van der Waals surface area contributed by atoms with Gasteiger partial charge in [-0.05, 0) is 54.5 Å². The number of nitrogens with zero attached hydrogens (tertiary/aromatic N) is 3. The lowest BCUT2D eigenvalue weighted by atomic mass is 9.70. The van der Waals surface area contributed by atoms with Crippen molar-refractivity contribution in [2.24, 2.45) is 32.1 Å². The summed E-state index contributed by atoms with van der Waals surface area (Å²) in [5, 5.41) is 13.1. The summed E-state index contributed by atoms with van der Waals surface area (Å²) >= 11 is 0. The Balaban J connectivity index is 1.68. The first-order chi connectivity index (χ1) is 13.9. The Morgan fingerprint density at radius 3 is 2.31 bits per heavy atom. The Kier molecular flexibility index (Phi) is 4.91. The maximum Gasteiger partial charge on any atom is 0.194 e. The normalized spacial score (nSPS) is 27.1. The van der Waals surface area contributed by atoms with Crippen molar-refractivity contribution in [3.05, 3.63) is 72.3 Å². The van der Waals surface area contributed by atoms with E-state index in [0.717, 1.165) is 29.8 Å². The highest BCUT2D eigenvalue weighted by atomic mass is 16.1. The van der Waals surface area contributed by atoms with Crippen molar-refractivity contribution in [3.8, 4) is 0 Å². The highest BCUT2D eigenvalue weighted by Crippen LogP contribution is 2.65. The third kappa shape index (κ3) is 3.41. The third-order valence-electron chi connectivity index (χ3n) is 6.75. The van der Waals surface area contributed by atoms with E-state index in [4.69, 9.17) is 0 Å². The number of hydrazone groups is 1. The number of rotatable bonds is 4. The molecule has 2 aromatic carbocycles. The van der Waals surface area contributed by atoms with Gasteiger partial charge >= 0.3 is 0 Å². The van der Waals surface area contributed by atoms with Gasteiger partial charge in [0.1, 0.15) is 0 Å². The summed E-state index contributed by atoms with van der Waals surface area (Å²) in [5.41, 5.74) is 5.08. The average molecular weight is 386 g/mol. The lowest BCUT2D eigenvalue weighted by Gasteiger charge is -2.31. The fourth-order valence-corrected chi connectivity index (χ4v) is 4.55. The maximum absolute atomic E-state index is 13.2. The van der Waals surface area contributed by atoms with Crippen LogP contribution in [0.15, 0.2) is 87.6 Å². The quantitative estimate of drug-likeness (QED) is 0.225. The molecule has 4 rings (SSSR count). The topological polar surface area (TPSA) is 66.2 Å². The number of ketones is 1. The summed E-state index contributed by atoms with van der Waals surface area (Å²) in [6, 6.07) is 19.2. The molecule has 2 aliphatic carbocycles. The molecule has 5 nitrogen and oxygen atoms in total. The van der Waals surface area contributed by atoms with Crippen molar-refractivity contribution in [2.75, 3.05) is 5.43 Å². The number of carbonyl (C=O) groups is 1. The number of para-hydroxylation sites is 1. The van der Waals surface area contributed by atoms with Crippen molar-refractivity contribution < 1.29 is 4.79 Å². The zero-order valence-corrected chi connectivity index (χ0v) is 17.1. The van der Waals surface area contributed by atoms with Crippen LogP contribution in [0.4, 0.5) is 11.4 Å². The smallest absolute Gasteiger partial charge is 0.194 e. The number of anilines is 1. The van der Waals surface area contributed by atoms with Crippen LogP contribution in [-0.2, 0) is 4.79 Å². The summed E-state index contributed by atoms with van der Waals surface area (Å²) in [6.07, 6.45) is 3.79. The van der Waals surface area contributed by atoms with Crippen molar-refractivity contribution in [3.63, 3.8) is 0 Å². The lowest BCUT2D eigenvalue weighted by Crippen LogP contribution is -2.32. The zero-order valence-electron chi connectivity index (χ0n) is 17.1. The summed E-state index contributed by atoms with van der Waals surface area (Å²) < 4.78 is 0. The highest BCUT2D eigenvalue weighted by Gasteiger charge is 2.63. The van der Waals surface area contributed by atoms with Gasteiger partial charge in [-0.3, -0.25) is 10.2 Å². The molecule has 0 radical (unpaired) electrons. The minimum atomic E-state index is -0.307. The van der Waals surface area contributed by atoms with Gasteiger partial charge in [0.2, 0.25) is 0 Å². The number of amidine groups is 1. The fraction of sp³-hybridized carbons (Fsp3) is 0.333. The number of azo groups is 1. The monoisotopic (exact) mass is 386 g/mol. The summed E-state index contributed by atoms with van der Waals surface area (Å²) in [5.74, 6) is 0.850. The van der Waals surface area contributed by atoms with Crippen molar-refractivity contribution in [2.45, 2.75) is 33.6 Å². The van der Waals surface area contributed by atoms with Gasteiger partial charge in [0.25, 0.3) is 0 Å². The molecule has 5 heteroatoms. The van der Waals surface area contributed by atoms with E-state index in [0.29, 0.717) is 5.84 Å². The molecule has 0 aromatic heterocycles. The molecule has 0 heterocycles. The molecule has 2 fully saturated rings. The Morgan fingerprint density at radius 1 is 1.03 bits per heavy atom. The van der Waals surface area contributed by atoms with E-state index in [2.05, 4.69) is 41.5 Å². The van der Waals surface area contributed by atoms with Crippen LogP contribution >= 0.6 is 0 Å². The first-order valence-corrected chi connectivity index (χ1v) is 10.0. The van der Waals surface area contributed by atoms with E-state index < -0.39 is 0 Å². The van der Waals surface area contributed by atoms with Crippen molar-refractivity contribution in [1.29, 1.82) is 0 Å². The van der Waals surface area contributed by atoms with Gasteiger partial charge in [0, 0.05) is 11.0 Å². The maximum atomic E-state index is 13.2. The number of fused-ring (bicyclic) bond motifs is 2. The average Bonchev–Trinajstić information content (AvgIpc) is 3.05. The molecule has 0 unspecified atom stereocenters. The second-order valence-corrected chi connectivity index (χ2v) is 8.56. The van der Waals surface area contributed by atoms with Crippen molar-refractivity contribution in [1.82, 2.24) is 0 Å². The standard InChI is InChI=1S/C24H26N4O/c1-23(2)20-14-15-24(23,3)22(29)19(20)16-21(27-25-17-10-6-4-7-11-17)28-26-18-12-8-5-9-13-18/h4-13,16,20,25H,14-15H2,1-3H3/b19-16-,27-21-,28-26?/t20-,24-/m0/s1. The predicted octanol–water partition coefficient (Wildman–Crippen LogP) is 6.15. The van der Waals surface area contributed by atoms with Gasteiger partial charge < -0.3 is 0 Å². The molecule has 0 aliphatic heterocycles. The third-order valence-corrected chi connectivity index (χ3v) is 6.75. The molecule has 0 spiro atoms. The summed E-state index contributed by atoms with van der Waals surface area (Å²) in [7, 11) is 0. The van der Waals surface area contributed by atoms with E-state index in [-0.39, 0.29) is 22.5 Å². The van der Waals surface area contributed by atoms with Gasteiger partial charge in [-0.25, -0.2) is 0 Å². The molecule has 2 saturated carbocycles. The van der Waals surface area contributed by atoms with Gasteiger partial charge in [-0.1, -0.05) is 57.2 Å². The molecule has 29 heavy (non-hydrogen) atoms. The van der Waals surface area contributed by atoms with E-state index in [1.165, 1.54) is 0 Å². The molecular weight excluding hydrogens is 360 g/mol. The Hall–Kier alpha value is -3.08. The summed E-state index contributed by atoms with van der Waals surface area (Å²) in [4.78, 5) is 13.2. The molecular formula is C24H26N4O. The lowest BCUT2D eigenvalue weighted by molar-refractivity contribution is -0.125. The second-order valence-electron chi connectivity index (χ2n) is 8.56. The van der Waals surface area contributed by atoms with Crippen LogP contribution in [0, 0.1) is 16.7 Å². The van der Waals surface area contributed by atoms with Crippen LogP contribution in [0.1, 0.15) is 33.6 Å². The van der Waals surface area contributed by atoms with Gasteiger partial charge in [0.15, 0.2) is 11.6 Å². The minimum Gasteiger partial charge on any atom is -0.294 e. The molecule has 0 saturated heterocycles. The van der Waals surface area contributed by atoms with Gasteiger partial charge in [-0.2, -0.15) is 5.10 Å². The molecule has 2 aromatic rings. The van der Waals surface area contributed by atoms with Crippen LogP contribution in [0.25, 0.3) is 0 Å². The van der Waals surface area contributed by atoms with E-state index >= 15 is 0 Å². The predicted molar refractivity (Wildman–Crippen MR) is 116 cm³/mol. The molecule has 2 atom stereocenters. The number of nitrogens with one attached hydrogen (secondary N) is 1. The number of carbonyl (C=O) groups excluding carboxylic acids is 1. The molecule has 2 bridgehead atoms. The Labute approximate surface area is 171 Å². The van der Waals surface area contributed by atoms with E-state index in [1.807, 2.05) is 66.7 Å². The fourth-order valence-electron chi connectivity index (χ4n) is 4.55. The van der Waals surface area contributed by atoms with Crippen LogP contribution in [0.5, 0.6) is 0 Å². The molecule has 1 N–H and O–H groups in total. The highest BCUT2D eigenvalue weighted by molar-refractivity contribution is 6.10. The van der Waals surface area contributed by atoms with Crippen LogP contribution < -0.4 is 5.43 Å². The van der Waals surface area contributed by atoms with Crippen LogP contribution in [0.2, 0.25) is 0 Å². The Bertz CT molecular complexity index is 992. The zero-order chi connectivity index (χ0) is 20.5. The number of allylic oxidation sites excluding steroid dienone is 1. The number of hydrogen-bond acceptors (Lipinski definition) is 4. The number of Topliss-reactive ketones (excluding diaryl/α,β-unsaturated/α-hetero) is 1. The largest absolute Gasteiger partial charge is 0.294 e. The molecule has 0 amide bonds. The SMILES string of the molecule is CC1(C)[C@H]2CC[C@@]1(C)C(=O)/C2=C\C(N=Nc1ccccc1)=N\Nc1ccccc1. The minimum absolute atomic E-state index is 0.0511. The second kappa shape index (κ2) is 7.39. The van der Waals surface area contributed by atoms with Crippen LogP contribution in [-0.4, -0.2) is 11.6 Å². The first kappa shape index (κ1) is 19.2. The molecule has 148 valence electrons.